The van der Waals surface area contributed by atoms with Crippen molar-refractivity contribution in [3.8, 4) is 0 Å². The van der Waals surface area contributed by atoms with E-state index in [1.165, 1.54) is 6.20 Å². The van der Waals surface area contributed by atoms with Crippen LogP contribution < -0.4 is 15.8 Å². The number of carbonyl (C=O) groups is 1. The lowest BCUT2D eigenvalue weighted by Crippen LogP contribution is -2.51. The van der Waals surface area contributed by atoms with Gasteiger partial charge in [-0.25, -0.2) is 8.42 Å². The molecule has 0 radical (unpaired) electrons. The summed E-state index contributed by atoms with van der Waals surface area (Å²) in [6.07, 6.45) is 5.46. The number of nitrogens with two attached hydrogens (primary N) is 1. The number of halogens is 1. The third kappa shape index (κ3) is 12.0. The van der Waals surface area contributed by atoms with Crippen molar-refractivity contribution in [2.45, 2.75) is 49.1 Å². The van der Waals surface area contributed by atoms with Gasteiger partial charge in [0.1, 0.15) is 10.9 Å². The Morgan fingerprint density at radius 2 is 1.65 bits per heavy atom. The number of anilines is 2. The second-order valence-corrected chi connectivity index (χ2v) is 14.2. The molecule has 1 aliphatic rings. The fourth-order valence-corrected chi connectivity index (χ4v) is 7.48. The summed E-state index contributed by atoms with van der Waals surface area (Å²) in [4.78, 5) is 22.0. The van der Waals surface area contributed by atoms with E-state index in [1.54, 1.807) is 55.6 Å². The monoisotopic (exact) mass is 698 g/mol. The van der Waals surface area contributed by atoms with Gasteiger partial charge >= 0.3 is 0 Å². The zero-order valence-electron chi connectivity index (χ0n) is 28.6. The van der Waals surface area contributed by atoms with E-state index in [0.717, 1.165) is 11.1 Å². The molecule has 4 rings (SSSR count). The Morgan fingerprint density at radius 1 is 1.00 bits per heavy atom. The third-order valence-electron chi connectivity index (χ3n) is 8.92. The molecule has 2 aromatic carbocycles. The predicted molar refractivity (Wildman–Crippen MR) is 191 cm³/mol. The molecule has 13 heteroatoms. The van der Waals surface area contributed by atoms with E-state index in [4.69, 9.17) is 15.2 Å². The number of nitrogens with zero attached hydrogens (tertiary/aromatic N) is 3. The van der Waals surface area contributed by atoms with Crippen LogP contribution in [0.5, 0.6) is 0 Å². The van der Waals surface area contributed by atoms with Gasteiger partial charge < -0.3 is 25.4 Å². The lowest BCUT2D eigenvalue weighted by atomic mass is 9.93. The minimum atomic E-state index is -4.25. The Hall–Kier alpha value is -3.62. The molecule has 1 amide bonds. The second-order valence-electron chi connectivity index (χ2n) is 12.6. The number of ether oxygens (including phenoxy) is 2. The molecule has 11 nitrogen and oxygen atoms in total. The van der Waals surface area contributed by atoms with Crippen molar-refractivity contribution >= 4 is 27.3 Å². The molecular weight excluding hydrogens is 647 g/mol. The first-order chi connectivity index (χ1) is 23.7. The summed E-state index contributed by atoms with van der Waals surface area (Å²) in [5.74, 6) is -0.0968. The fourth-order valence-electron chi connectivity index (χ4n) is 6.18. The highest BCUT2D eigenvalue weighted by Crippen LogP contribution is 2.25. The van der Waals surface area contributed by atoms with E-state index in [2.05, 4.69) is 19.9 Å². The lowest BCUT2D eigenvalue weighted by molar-refractivity contribution is -0.134. The molecule has 268 valence electrons. The number of likely N-dealkylation sites (tertiary alicyclic amines) is 1. The van der Waals surface area contributed by atoms with Crippen LogP contribution in [0.2, 0.25) is 0 Å². The molecule has 4 N–H and O–H groups in total. The van der Waals surface area contributed by atoms with Gasteiger partial charge in [0.15, 0.2) is 0 Å². The molecule has 0 spiro atoms. The Balaban J connectivity index is 1.60. The van der Waals surface area contributed by atoms with Crippen LogP contribution in [0.1, 0.15) is 30.4 Å². The van der Waals surface area contributed by atoms with Gasteiger partial charge in [-0.1, -0.05) is 42.5 Å². The first-order valence-corrected chi connectivity index (χ1v) is 18.4. The number of rotatable bonds is 20. The number of nitrogen functional groups attached to an aromatic ring is 1. The van der Waals surface area contributed by atoms with Gasteiger partial charge in [0.2, 0.25) is 15.9 Å². The highest BCUT2D eigenvalue weighted by Gasteiger charge is 2.33. The summed E-state index contributed by atoms with van der Waals surface area (Å²) in [7, 11) is -0.923. The number of piperidine rings is 1. The minimum absolute atomic E-state index is 0.0508. The lowest BCUT2D eigenvalue weighted by Gasteiger charge is -2.34. The zero-order chi connectivity index (χ0) is 35.1. The molecule has 1 saturated heterocycles. The van der Waals surface area contributed by atoms with E-state index in [-0.39, 0.29) is 35.9 Å². The Labute approximate surface area is 290 Å². The number of amides is 1. The van der Waals surface area contributed by atoms with E-state index >= 15 is 0 Å². The molecule has 1 aliphatic heterocycles. The molecule has 3 aromatic rings. The number of carbonyl (C=O) groups excluding carboxylic acids is 1. The topological polar surface area (TPSA) is 139 Å². The molecule has 0 bridgehead atoms. The van der Waals surface area contributed by atoms with Crippen LogP contribution in [0.4, 0.5) is 15.8 Å². The van der Waals surface area contributed by atoms with E-state index in [0.29, 0.717) is 83.0 Å². The van der Waals surface area contributed by atoms with Gasteiger partial charge in [-0.05, 0) is 67.3 Å². The van der Waals surface area contributed by atoms with Crippen LogP contribution in [-0.2, 0) is 37.1 Å². The van der Waals surface area contributed by atoms with E-state index < -0.39 is 16.1 Å². The van der Waals surface area contributed by atoms with Crippen molar-refractivity contribution in [2.75, 3.05) is 77.9 Å². The summed E-state index contributed by atoms with van der Waals surface area (Å²) in [5, 5.41) is 3.50. The highest BCUT2D eigenvalue weighted by molar-refractivity contribution is 7.89. The van der Waals surface area contributed by atoms with Crippen molar-refractivity contribution < 1.29 is 27.1 Å². The standard InChI is InChI=1S/C36H51FN6O5S/c1-47-22-20-42(21-23-48-2)27-32(24-29-6-4-3-5-7-29)40-33-13-17-39-26-35(33)49(45,46)41-34(25-30-8-10-31(38)11-9-30)36(44)43-18-14-28(12-16-37)15-19-43/h3-11,13,17,26,28,32,34,41H,12,14-16,18-25,27,38H2,1-2H3,(H,39,40)/t32-,34-/m0/s1. The first-order valence-electron chi connectivity index (χ1n) is 16.9. The highest BCUT2D eigenvalue weighted by atomic mass is 32.2. The van der Waals surface area contributed by atoms with Crippen molar-refractivity contribution in [3.63, 3.8) is 0 Å². The van der Waals surface area contributed by atoms with Gasteiger partial charge in [0.25, 0.3) is 0 Å². The normalized spacial score (nSPS) is 15.3. The number of aromatic nitrogens is 1. The predicted octanol–water partition coefficient (Wildman–Crippen LogP) is 3.77. The van der Waals surface area contributed by atoms with Crippen molar-refractivity contribution in [2.24, 2.45) is 5.92 Å². The quantitative estimate of drug-likeness (QED) is 0.151. The summed E-state index contributed by atoms with van der Waals surface area (Å²) in [5.41, 5.74) is 8.70. The number of alkyl halides is 1. The Bertz CT molecular complexity index is 1520. The van der Waals surface area contributed by atoms with Crippen LogP contribution >= 0.6 is 0 Å². The second kappa shape index (κ2) is 19.5. The summed E-state index contributed by atoms with van der Waals surface area (Å²) >= 11 is 0. The van der Waals surface area contributed by atoms with Crippen LogP contribution in [0.15, 0.2) is 78.0 Å². The van der Waals surface area contributed by atoms with Crippen LogP contribution in [0.25, 0.3) is 0 Å². The van der Waals surface area contributed by atoms with E-state index in [1.807, 2.05) is 30.3 Å². The van der Waals surface area contributed by atoms with Crippen molar-refractivity contribution in [3.05, 3.63) is 84.2 Å². The Kier molecular flexibility index (Phi) is 15.2. The van der Waals surface area contributed by atoms with Crippen molar-refractivity contribution in [1.82, 2.24) is 19.5 Å². The Morgan fingerprint density at radius 3 is 2.29 bits per heavy atom. The summed E-state index contributed by atoms with van der Waals surface area (Å²) in [6, 6.07) is 17.4. The molecular formula is C36H51FN6O5S. The number of hydrogen-bond donors (Lipinski definition) is 3. The minimum Gasteiger partial charge on any atom is -0.399 e. The maximum Gasteiger partial charge on any atom is 0.244 e. The molecule has 0 saturated carbocycles. The zero-order valence-corrected chi connectivity index (χ0v) is 29.4. The number of sulfonamides is 1. The van der Waals surface area contributed by atoms with Crippen LogP contribution in [0.3, 0.4) is 0 Å². The number of nitrogens with one attached hydrogen (secondary N) is 2. The maximum absolute atomic E-state index is 14.2. The van der Waals surface area contributed by atoms with Gasteiger partial charge in [0, 0.05) is 71.1 Å². The smallest absolute Gasteiger partial charge is 0.244 e. The molecule has 1 fully saturated rings. The van der Waals surface area contributed by atoms with Crippen LogP contribution in [0, 0.1) is 5.92 Å². The average molecular weight is 699 g/mol. The summed E-state index contributed by atoms with van der Waals surface area (Å²) in [6.45, 7) is 3.54. The molecule has 0 unspecified atom stereocenters. The summed E-state index contributed by atoms with van der Waals surface area (Å²) < 4.78 is 54.8. The van der Waals surface area contributed by atoms with Crippen LogP contribution in [-0.4, -0.2) is 108 Å². The van der Waals surface area contributed by atoms with E-state index in [9.17, 15) is 17.6 Å². The largest absolute Gasteiger partial charge is 0.399 e. The first kappa shape index (κ1) is 38.2. The SMILES string of the molecule is COCCN(CCOC)C[C@H](Cc1ccccc1)Nc1ccncc1S(=O)(=O)N[C@@H](Cc1ccc(N)cc1)C(=O)N1CCC(CCF)CC1. The molecule has 1 aromatic heterocycles. The number of pyridine rings is 1. The number of methoxy groups -OCH3 is 2. The van der Waals surface area contributed by atoms with Gasteiger partial charge in [-0.15, -0.1) is 0 Å². The fraction of sp³-hybridized carbons (Fsp3) is 0.500. The number of benzene rings is 2. The molecule has 2 atom stereocenters. The molecule has 0 aliphatic carbocycles. The van der Waals surface area contributed by atoms with Crippen molar-refractivity contribution in [1.29, 1.82) is 0 Å². The maximum atomic E-state index is 14.2. The van der Waals surface area contributed by atoms with Gasteiger partial charge in [-0.3, -0.25) is 19.1 Å². The number of hydrogen-bond acceptors (Lipinski definition) is 9. The van der Waals surface area contributed by atoms with Gasteiger partial charge in [-0.2, -0.15) is 4.72 Å². The average Bonchev–Trinajstić information content (AvgIpc) is 3.10. The third-order valence-corrected chi connectivity index (χ3v) is 10.4. The van der Waals surface area contributed by atoms with Gasteiger partial charge in [0.05, 0.1) is 25.6 Å². The molecule has 49 heavy (non-hydrogen) atoms. The molecule has 2 heterocycles.